The molecular weight excluding hydrogens is 408 g/mol. The van der Waals surface area contributed by atoms with Crippen LogP contribution in [-0.4, -0.2) is 61.1 Å². The second-order valence-electron chi connectivity index (χ2n) is 7.29. The summed E-state index contributed by atoms with van der Waals surface area (Å²) in [5.74, 6) is 1.61. The third-order valence-corrected chi connectivity index (χ3v) is 6.30. The first-order chi connectivity index (χ1) is 13.1. The van der Waals surface area contributed by atoms with Gasteiger partial charge in [-0.05, 0) is 44.4 Å². The van der Waals surface area contributed by atoms with Crippen molar-refractivity contribution in [1.82, 2.24) is 9.80 Å². The van der Waals surface area contributed by atoms with Gasteiger partial charge in [-0.25, -0.2) is 0 Å². The van der Waals surface area contributed by atoms with Crippen molar-refractivity contribution < 1.29 is 14.3 Å². The molecule has 1 aliphatic heterocycles. The number of piperazine rings is 1. The lowest BCUT2D eigenvalue weighted by molar-refractivity contribution is -0.132. The second kappa shape index (κ2) is 9.78. The van der Waals surface area contributed by atoms with Crippen LogP contribution < -0.4 is 9.47 Å². The molecule has 1 aromatic rings. The van der Waals surface area contributed by atoms with Gasteiger partial charge in [0.15, 0.2) is 11.5 Å². The summed E-state index contributed by atoms with van der Waals surface area (Å²) >= 11 is 3.59. The number of nitrogens with zero attached hydrogens (tertiary/aromatic N) is 2. The summed E-state index contributed by atoms with van der Waals surface area (Å²) in [7, 11) is 0. The molecule has 1 heterocycles. The molecular formula is C21H31BrN2O3. The van der Waals surface area contributed by atoms with Gasteiger partial charge in [0.05, 0.1) is 19.6 Å². The summed E-state index contributed by atoms with van der Waals surface area (Å²) in [5, 5.41) is 0. The fourth-order valence-electron chi connectivity index (χ4n) is 4.13. The summed E-state index contributed by atoms with van der Waals surface area (Å²) in [6, 6.07) is 4.59. The SMILES string of the molecule is CCOc1cc(Br)c(CC(=O)N2CCN(C3CCCC3)CC2)cc1OCC. The zero-order valence-electron chi connectivity index (χ0n) is 16.5. The molecule has 0 N–H and O–H groups in total. The van der Waals surface area contributed by atoms with Crippen LogP contribution in [0.25, 0.3) is 0 Å². The Bertz CT molecular complexity index is 639. The lowest BCUT2D eigenvalue weighted by atomic mass is 10.1. The standard InChI is InChI=1S/C21H31BrN2O3/c1-3-26-19-13-16(18(22)15-20(19)27-4-2)14-21(25)24-11-9-23(10-12-24)17-7-5-6-8-17/h13,15,17H,3-12,14H2,1-2H3. The largest absolute Gasteiger partial charge is 0.490 e. The number of ether oxygens (including phenoxy) is 2. The molecule has 0 unspecified atom stereocenters. The van der Waals surface area contributed by atoms with E-state index in [1.165, 1.54) is 25.7 Å². The molecule has 150 valence electrons. The highest BCUT2D eigenvalue weighted by atomic mass is 79.9. The van der Waals surface area contributed by atoms with Crippen molar-refractivity contribution in [3.05, 3.63) is 22.2 Å². The smallest absolute Gasteiger partial charge is 0.227 e. The van der Waals surface area contributed by atoms with Crippen LogP contribution in [0.3, 0.4) is 0 Å². The topological polar surface area (TPSA) is 42.0 Å². The normalized spacial score (nSPS) is 18.7. The van der Waals surface area contributed by atoms with E-state index >= 15 is 0 Å². The molecule has 5 nitrogen and oxygen atoms in total. The Morgan fingerprint density at radius 2 is 1.63 bits per heavy atom. The maximum Gasteiger partial charge on any atom is 0.227 e. The highest BCUT2D eigenvalue weighted by molar-refractivity contribution is 9.10. The van der Waals surface area contributed by atoms with Gasteiger partial charge in [-0.2, -0.15) is 0 Å². The van der Waals surface area contributed by atoms with E-state index in [4.69, 9.17) is 9.47 Å². The van der Waals surface area contributed by atoms with Crippen molar-refractivity contribution in [2.24, 2.45) is 0 Å². The summed E-state index contributed by atoms with van der Waals surface area (Å²) in [4.78, 5) is 17.4. The summed E-state index contributed by atoms with van der Waals surface area (Å²) in [6.07, 6.45) is 5.76. The van der Waals surface area contributed by atoms with Gasteiger partial charge >= 0.3 is 0 Å². The molecule has 0 radical (unpaired) electrons. The number of halogens is 1. The zero-order valence-corrected chi connectivity index (χ0v) is 18.1. The van der Waals surface area contributed by atoms with Crippen LogP contribution in [0, 0.1) is 0 Å². The van der Waals surface area contributed by atoms with Crippen LogP contribution in [-0.2, 0) is 11.2 Å². The van der Waals surface area contributed by atoms with Gasteiger partial charge in [0, 0.05) is 36.7 Å². The minimum Gasteiger partial charge on any atom is -0.490 e. The first-order valence-corrected chi connectivity index (χ1v) is 11.0. The Balaban J connectivity index is 1.61. The van der Waals surface area contributed by atoms with Crippen molar-refractivity contribution >= 4 is 21.8 Å². The van der Waals surface area contributed by atoms with Crippen molar-refractivity contribution in [1.29, 1.82) is 0 Å². The van der Waals surface area contributed by atoms with Gasteiger partial charge in [0.1, 0.15) is 0 Å². The molecule has 2 aliphatic rings. The van der Waals surface area contributed by atoms with Crippen LogP contribution in [0.2, 0.25) is 0 Å². The molecule has 3 rings (SSSR count). The molecule has 1 saturated heterocycles. The van der Waals surface area contributed by atoms with E-state index in [-0.39, 0.29) is 5.91 Å². The molecule has 1 saturated carbocycles. The Kier molecular flexibility index (Phi) is 7.41. The molecule has 1 aliphatic carbocycles. The lowest BCUT2D eigenvalue weighted by Gasteiger charge is -2.38. The highest BCUT2D eigenvalue weighted by Gasteiger charge is 2.28. The maximum atomic E-state index is 12.8. The molecule has 27 heavy (non-hydrogen) atoms. The lowest BCUT2D eigenvalue weighted by Crippen LogP contribution is -2.51. The molecule has 0 spiro atoms. The monoisotopic (exact) mass is 438 g/mol. The van der Waals surface area contributed by atoms with Crippen molar-refractivity contribution in [3.63, 3.8) is 0 Å². The van der Waals surface area contributed by atoms with Crippen molar-refractivity contribution in [2.75, 3.05) is 39.4 Å². The van der Waals surface area contributed by atoms with E-state index in [2.05, 4.69) is 20.8 Å². The minimum atomic E-state index is 0.188. The van der Waals surface area contributed by atoms with Gasteiger partial charge in [-0.15, -0.1) is 0 Å². The van der Waals surface area contributed by atoms with E-state index in [1.807, 2.05) is 30.9 Å². The molecule has 0 bridgehead atoms. The average molecular weight is 439 g/mol. The Morgan fingerprint density at radius 1 is 1.04 bits per heavy atom. The fraction of sp³-hybridized carbons (Fsp3) is 0.667. The van der Waals surface area contributed by atoms with E-state index in [1.54, 1.807) is 0 Å². The van der Waals surface area contributed by atoms with Gasteiger partial charge < -0.3 is 14.4 Å². The number of amides is 1. The maximum absolute atomic E-state index is 12.8. The number of carbonyl (C=O) groups is 1. The van der Waals surface area contributed by atoms with Crippen LogP contribution >= 0.6 is 15.9 Å². The molecule has 2 fully saturated rings. The van der Waals surface area contributed by atoms with Crippen molar-refractivity contribution in [3.8, 4) is 11.5 Å². The van der Waals surface area contributed by atoms with E-state index in [0.717, 1.165) is 42.3 Å². The van der Waals surface area contributed by atoms with Crippen LogP contribution in [0.15, 0.2) is 16.6 Å². The number of carbonyl (C=O) groups excluding carboxylic acids is 1. The number of benzene rings is 1. The molecule has 1 amide bonds. The first kappa shape index (κ1) is 20.5. The Hall–Kier alpha value is -1.27. The molecule has 0 atom stereocenters. The number of hydrogen-bond donors (Lipinski definition) is 0. The average Bonchev–Trinajstić information content (AvgIpc) is 3.20. The Labute approximate surface area is 171 Å². The summed E-state index contributed by atoms with van der Waals surface area (Å²) < 4.78 is 12.3. The quantitative estimate of drug-likeness (QED) is 0.647. The predicted octanol–water partition coefficient (Wildman–Crippen LogP) is 3.88. The van der Waals surface area contributed by atoms with Crippen LogP contribution in [0.1, 0.15) is 45.1 Å². The zero-order chi connectivity index (χ0) is 19.2. The van der Waals surface area contributed by atoms with Gasteiger partial charge in [-0.3, -0.25) is 9.69 Å². The van der Waals surface area contributed by atoms with E-state index < -0.39 is 0 Å². The highest BCUT2D eigenvalue weighted by Crippen LogP contribution is 2.34. The summed E-state index contributed by atoms with van der Waals surface area (Å²) in [5.41, 5.74) is 0.949. The van der Waals surface area contributed by atoms with Gasteiger partial charge in [0.25, 0.3) is 0 Å². The number of hydrogen-bond acceptors (Lipinski definition) is 4. The first-order valence-electron chi connectivity index (χ1n) is 10.2. The third-order valence-electron chi connectivity index (χ3n) is 5.56. The third kappa shape index (κ3) is 5.17. The molecule has 1 aromatic carbocycles. The second-order valence-corrected chi connectivity index (χ2v) is 8.14. The molecule has 0 aromatic heterocycles. The van der Waals surface area contributed by atoms with Crippen LogP contribution in [0.5, 0.6) is 11.5 Å². The summed E-state index contributed by atoms with van der Waals surface area (Å²) in [6.45, 7) is 8.73. The van der Waals surface area contributed by atoms with E-state index in [9.17, 15) is 4.79 Å². The van der Waals surface area contributed by atoms with Crippen molar-refractivity contribution in [2.45, 2.75) is 52.0 Å². The van der Waals surface area contributed by atoms with Gasteiger partial charge in [0.2, 0.25) is 5.91 Å². The van der Waals surface area contributed by atoms with E-state index in [0.29, 0.717) is 31.1 Å². The predicted molar refractivity (Wildman–Crippen MR) is 111 cm³/mol. The van der Waals surface area contributed by atoms with Gasteiger partial charge in [-0.1, -0.05) is 28.8 Å². The van der Waals surface area contributed by atoms with Crippen LogP contribution in [0.4, 0.5) is 0 Å². The molecule has 6 heteroatoms. The Morgan fingerprint density at radius 3 is 2.22 bits per heavy atom. The minimum absolute atomic E-state index is 0.188. The number of rotatable bonds is 7. The fourth-order valence-corrected chi connectivity index (χ4v) is 4.59.